The Morgan fingerprint density at radius 3 is 3.11 bits per heavy atom. The first kappa shape index (κ1) is 3.44. The third-order valence-corrected chi connectivity index (χ3v) is 1.35. The molecule has 1 rings (SSSR count). The molecule has 0 unspecified atom stereocenters. The SMILES string of the molecule is [2H]c1c(Br)nc(Br)nc1C([2H])([2H])[2H]. The average molecular weight is 256 g/mol. The average Bonchev–Trinajstić information content (AvgIpc) is 1.94. The van der Waals surface area contributed by atoms with Crippen LogP contribution in [-0.2, 0) is 0 Å². The zero-order valence-corrected chi connectivity index (χ0v) is 7.32. The van der Waals surface area contributed by atoms with Gasteiger partial charge in [0.1, 0.15) is 4.60 Å². The Kier molecular flexibility index (Phi) is 1.05. The molecule has 0 aliphatic carbocycles. The highest BCUT2D eigenvalue weighted by atomic mass is 79.9. The summed E-state index contributed by atoms with van der Waals surface area (Å²) in [5.41, 5.74) is -0.263. The summed E-state index contributed by atoms with van der Waals surface area (Å²) < 4.78 is 29.0. The summed E-state index contributed by atoms with van der Waals surface area (Å²) in [4.78, 5) is 7.36. The second-order valence-electron chi connectivity index (χ2n) is 1.26. The van der Waals surface area contributed by atoms with Crippen LogP contribution in [0.4, 0.5) is 0 Å². The van der Waals surface area contributed by atoms with Crippen molar-refractivity contribution in [1.29, 1.82) is 0 Å². The van der Waals surface area contributed by atoms with Gasteiger partial charge in [0.2, 0.25) is 0 Å². The van der Waals surface area contributed by atoms with Crippen molar-refractivity contribution in [2.45, 2.75) is 6.85 Å². The molecule has 0 amide bonds. The number of nitrogens with zero attached hydrogens (tertiary/aromatic N) is 2. The zero-order chi connectivity index (χ0) is 10.2. The number of aryl methyl sites for hydroxylation is 1. The van der Waals surface area contributed by atoms with Crippen molar-refractivity contribution in [2.75, 3.05) is 0 Å². The minimum atomic E-state index is -2.38. The molecule has 1 aromatic heterocycles. The highest BCUT2D eigenvalue weighted by Crippen LogP contribution is 2.10. The van der Waals surface area contributed by atoms with Gasteiger partial charge in [0.15, 0.2) is 4.73 Å². The fourth-order valence-corrected chi connectivity index (χ4v) is 1.30. The van der Waals surface area contributed by atoms with Crippen LogP contribution >= 0.6 is 31.9 Å². The molecule has 0 saturated carbocycles. The van der Waals surface area contributed by atoms with E-state index in [4.69, 9.17) is 5.48 Å². The van der Waals surface area contributed by atoms with E-state index in [0.29, 0.717) is 0 Å². The fourth-order valence-electron chi connectivity index (χ4n) is 0.352. The summed E-state index contributed by atoms with van der Waals surface area (Å²) in [7, 11) is 0. The van der Waals surface area contributed by atoms with Gasteiger partial charge in [0, 0.05) is 9.81 Å². The van der Waals surface area contributed by atoms with Gasteiger partial charge in [-0.3, -0.25) is 0 Å². The maximum atomic E-state index is 7.39. The van der Waals surface area contributed by atoms with Crippen LogP contribution in [0.3, 0.4) is 0 Å². The third-order valence-electron chi connectivity index (χ3n) is 0.616. The summed E-state index contributed by atoms with van der Waals surface area (Å²) in [5, 5.41) is 0. The summed E-state index contributed by atoms with van der Waals surface area (Å²) in [6.07, 6.45) is 0. The quantitative estimate of drug-likeness (QED) is 0.525. The molecule has 0 radical (unpaired) electrons. The van der Waals surface area contributed by atoms with Crippen molar-refractivity contribution in [3.8, 4) is 0 Å². The van der Waals surface area contributed by atoms with Gasteiger partial charge in [-0.2, -0.15) is 0 Å². The molecule has 0 aliphatic rings. The fraction of sp³-hybridized carbons (Fsp3) is 0.200. The lowest BCUT2D eigenvalue weighted by molar-refractivity contribution is 1.03. The Hall–Kier alpha value is 0.0400. The van der Waals surface area contributed by atoms with Gasteiger partial charge in [0.05, 0.1) is 1.37 Å². The van der Waals surface area contributed by atoms with Crippen LogP contribution in [0.15, 0.2) is 15.4 Å². The summed E-state index contributed by atoms with van der Waals surface area (Å²) in [6, 6.07) is -0.205. The lowest BCUT2D eigenvalue weighted by atomic mass is 10.5. The van der Waals surface area contributed by atoms with E-state index >= 15 is 0 Å². The highest BCUT2D eigenvalue weighted by molar-refractivity contribution is 9.11. The largest absolute Gasteiger partial charge is 0.227 e. The first-order chi connectivity index (χ1) is 5.82. The predicted octanol–water partition coefficient (Wildman–Crippen LogP) is 2.31. The van der Waals surface area contributed by atoms with Crippen LogP contribution in [0.25, 0.3) is 0 Å². The van der Waals surface area contributed by atoms with Crippen molar-refractivity contribution >= 4 is 31.9 Å². The molecule has 1 heterocycles. The van der Waals surface area contributed by atoms with Crippen LogP contribution < -0.4 is 0 Å². The number of rotatable bonds is 0. The van der Waals surface area contributed by atoms with E-state index in [1.807, 2.05) is 0 Å². The highest BCUT2D eigenvalue weighted by Gasteiger charge is 1.93. The van der Waals surface area contributed by atoms with Crippen LogP contribution in [-0.4, -0.2) is 9.97 Å². The minimum absolute atomic E-state index is 0.154. The molecule has 0 aliphatic heterocycles. The van der Waals surface area contributed by atoms with E-state index in [9.17, 15) is 0 Å². The maximum absolute atomic E-state index is 7.39. The van der Waals surface area contributed by atoms with Gasteiger partial charge in [-0.1, -0.05) is 0 Å². The number of halogens is 2. The molecular weight excluding hydrogens is 248 g/mol. The number of aromatic nitrogens is 2. The van der Waals surface area contributed by atoms with Crippen LogP contribution in [0.2, 0.25) is 0 Å². The van der Waals surface area contributed by atoms with Gasteiger partial charge in [-0.15, -0.1) is 0 Å². The molecule has 0 N–H and O–H groups in total. The molecule has 48 valence electrons. The molecule has 1 aromatic rings. The summed E-state index contributed by atoms with van der Waals surface area (Å²) in [5.74, 6) is 0. The Bertz CT molecular complexity index is 338. The standard InChI is InChI=1S/C5H4Br2N2/c1-3-2-4(6)9-5(7)8-3/h2H,1H3/i1D3,2D. The molecule has 0 saturated heterocycles. The van der Waals surface area contributed by atoms with Crippen molar-refractivity contribution in [3.05, 3.63) is 21.1 Å². The maximum Gasteiger partial charge on any atom is 0.197 e. The van der Waals surface area contributed by atoms with Crippen LogP contribution in [0.5, 0.6) is 0 Å². The molecule has 9 heavy (non-hydrogen) atoms. The Morgan fingerprint density at radius 2 is 2.44 bits per heavy atom. The predicted molar refractivity (Wildman–Crippen MR) is 42.2 cm³/mol. The monoisotopic (exact) mass is 254 g/mol. The van der Waals surface area contributed by atoms with E-state index in [0.717, 1.165) is 0 Å². The first-order valence-corrected chi connectivity index (χ1v) is 3.61. The Morgan fingerprint density at radius 1 is 1.67 bits per heavy atom. The molecule has 0 fully saturated rings. The molecule has 0 bridgehead atoms. The van der Waals surface area contributed by atoms with E-state index < -0.39 is 6.85 Å². The van der Waals surface area contributed by atoms with E-state index in [1.165, 1.54) is 0 Å². The molecule has 0 aromatic carbocycles. The minimum Gasteiger partial charge on any atom is -0.227 e. The van der Waals surface area contributed by atoms with E-state index in [2.05, 4.69) is 41.8 Å². The molecule has 2 nitrogen and oxygen atoms in total. The summed E-state index contributed by atoms with van der Waals surface area (Å²) >= 11 is 5.92. The Labute approximate surface area is 75.6 Å². The van der Waals surface area contributed by atoms with Crippen molar-refractivity contribution in [2.24, 2.45) is 0 Å². The molecule has 0 atom stereocenters. The smallest absolute Gasteiger partial charge is 0.197 e. The lowest BCUT2D eigenvalue weighted by Crippen LogP contribution is -1.85. The molecule has 0 spiro atoms. The first-order valence-electron chi connectivity index (χ1n) is 4.02. The topological polar surface area (TPSA) is 25.8 Å². The Balaban J connectivity index is 3.37. The summed E-state index contributed by atoms with van der Waals surface area (Å²) in [6.45, 7) is -2.38. The van der Waals surface area contributed by atoms with Gasteiger partial charge >= 0.3 is 0 Å². The molecular formula is C5H4Br2N2. The molecule has 4 heteroatoms. The van der Waals surface area contributed by atoms with Crippen LogP contribution in [0, 0.1) is 6.85 Å². The third kappa shape index (κ3) is 2.02. The second-order valence-corrected chi connectivity index (χ2v) is 2.72. The van der Waals surface area contributed by atoms with Crippen molar-refractivity contribution in [3.63, 3.8) is 0 Å². The van der Waals surface area contributed by atoms with Crippen molar-refractivity contribution < 1.29 is 5.48 Å². The van der Waals surface area contributed by atoms with Gasteiger partial charge in [-0.25, -0.2) is 9.97 Å². The van der Waals surface area contributed by atoms with Gasteiger partial charge < -0.3 is 0 Å². The normalized spacial score (nSPS) is 17.6. The zero-order valence-electron chi connectivity index (χ0n) is 8.15. The number of hydrogen-bond donors (Lipinski definition) is 0. The van der Waals surface area contributed by atoms with E-state index in [-0.39, 0.29) is 21.1 Å². The van der Waals surface area contributed by atoms with Crippen molar-refractivity contribution in [1.82, 2.24) is 9.97 Å². The lowest BCUT2D eigenvalue weighted by Gasteiger charge is -1.92. The van der Waals surface area contributed by atoms with Gasteiger partial charge in [-0.05, 0) is 44.8 Å². The van der Waals surface area contributed by atoms with Gasteiger partial charge in [0.25, 0.3) is 0 Å². The second kappa shape index (κ2) is 2.75. The number of hydrogen-bond acceptors (Lipinski definition) is 2. The van der Waals surface area contributed by atoms with E-state index in [1.54, 1.807) is 0 Å². The van der Waals surface area contributed by atoms with Crippen LogP contribution in [0.1, 0.15) is 11.2 Å².